The quantitative estimate of drug-likeness (QED) is 0.528. The molecule has 5 heteroatoms. The Bertz CT molecular complexity index is 1060. The Morgan fingerprint density at radius 1 is 1.14 bits per heavy atom. The summed E-state index contributed by atoms with van der Waals surface area (Å²) in [6, 6.07) is 18.4. The molecule has 1 atom stereocenters. The van der Waals surface area contributed by atoms with Crippen LogP contribution in [0, 0.1) is 0 Å². The summed E-state index contributed by atoms with van der Waals surface area (Å²) in [7, 11) is 0. The molecule has 3 N–H and O–H groups in total. The van der Waals surface area contributed by atoms with E-state index in [4.69, 9.17) is 10.8 Å². The molecule has 0 amide bonds. The third-order valence-corrected chi connectivity index (χ3v) is 6.00. The Hall–Kier alpha value is -2.92. The molecule has 0 unspecified atom stereocenters. The van der Waals surface area contributed by atoms with Crippen molar-refractivity contribution in [3.05, 3.63) is 81.6 Å². The topological polar surface area (TPSA) is 72.9 Å². The number of anilines is 1. The number of nitrogen functional groups attached to an aromatic ring is 1. The first kappa shape index (κ1) is 18.4. The first-order valence-electron chi connectivity index (χ1n) is 9.81. The Labute approximate surface area is 165 Å². The standard InChI is InChI=1S/C23H26N4O/c1-3-23(2)15-17-11-7-8-12-18(17)20-19(23)21(28)27(22(25-20)26-24)14-13-16-9-5-4-6-10-16/h4-12H,3,13-15,24H2,1-2H3,(H,25,26)/t23-/m0/s1. The van der Waals surface area contributed by atoms with Crippen LogP contribution in [0.15, 0.2) is 59.4 Å². The maximum absolute atomic E-state index is 13.6. The number of nitrogens with one attached hydrogen (secondary N) is 1. The minimum Gasteiger partial charge on any atom is -0.294 e. The molecule has 0 radical (unpaired) electrons. The SMILES string of the molecule is CC[C@@]1(C)Cc2ccccc2-c2nc(NN)n(CCc3ccccc3)c(=O)c21. The smallest absolute Gasteiger partial charge is 0.259 e. The molecule has 5 nitrogen and oxygen atoms in total. The van der Waals surface area contributed by atoms with Crippen LogP contribution in [-0.2, 0) is 24.8 Å². The van der Waals surface area contributed by atoms with Gasteiger partial charge in [0.25, 0.3) is 5.56 Å². The number of hydrogen-bond donors (Lipinski definition) is 2. The van der Waals surface area contributed by atoms with Gasteiger partial charge in [-0.15, -0.1) is 0 Å². The maximum Gasteiger partial charge on any atom is 0.259 e. The zero-order valence-electron chi connectivity index (χ0n) is 16.4. The number of rotatable bonds is 5. The van der Waals surface area contributed by atoms with Crippen LogP contribution in [0.4, 0.5) is 5.95 Å². The van der Waals surface area contributed by atoms with Crippen molar-refractivity contribution in [2.45, 2.75) is 45.1 Å². The Balaban J connectivity index is 1.87. The van der Waals surface area contributed by atoms with Crippen LogP contribution in [0.5, 0.6) is 0 Å². The van der Waals surface area contributed by atoms with Crippen LogP contribution >= 0.6 is 0 Å². The molecule has 1 aliphatic rings. The van der Waals surface area contributed by atoms with E-state index < -0.39 is 0 Å². The van der Waals surface area contributed by atoms with Crippen molar-refractivity contribution in [3.8, 4) is 11.3 Å². The highest BCUT2D eigenvalue weighted by Gasteiger charge is 2.38. The fourth-order valence-corrected chi connectivity index (χ4v) is 4.21. The third-order valence-electron chi connectivity index (χ3n) is 6.00. The summed E-state index contributed by atoms with van der Waals surface area (Å²) in [5.41, 5.74) is 7.43. The summed E-state index contributed by atoms with van der Waals surface area (Å²) in [4.78, 5) is 18.4. The second-order valence-electron chi connectivity index (χ2n) is 7.74. The van der Waals surface area contributed by atoms with Crippen molar-refractivity contribution in [1.82, 2.24) is 9.55 Å². The zero-order chi connectivity index (χ0) is 19.7. The monoisotopic (exact) mass is 374 g/mol. The lowest BCUT2D eigenvalue weighted by Crippen LogP contribution is -2.40. The van der Waals surface area contributed by atoms with Gasteiger partial charge >= 0.3 is 0 Å². The predicted molar refractivity (Wildman–Crippen MR) is 113 cm³/mol. The van der Waals surface area contributed by atoms with Crippen molar-refractivity contribution < 1.29 is 0 Å². The molecule has 4 rings (SSSR count). The summed E-state index contributed by atoms with van der Waals surface area (Å²) in [6.45, 7) is 4.84. The van der Waals surface area contributed by atoms with Crippen molar-refractivity contribution in [2.75, 3.05) is 5.43 Å². The average molecular weight is 374 g/mol. The molecule has 3 aromatic rings. The highest BCUT2D eigenvalue weighted by molar-refractivity contribution is 5.72. The summed E-state index contributed by atoms with van der Waals surface area (Å²) in [6.07, 6.45) is 2.46. The molecule has 2 aromatic carbocycles. The lowest BCUT2D eigenvalue weighted by Gasteiger charge is -2.35. The molecule has 0 saturated heterocycles. The lowest BCUT2D eigenvalue weighted by molar-refractivity contribution is 0.434. The largest absolute Gasteiger partial charge is 0.294 e. The number of benzene rings is 2. The number of hydrogen-bond acceptors (Lipinski definition) is 4. The van der Waals surface area contributed by atoms with Crippen molar-refractivity contribution in [2.24, 2.45) is 5.84 Å². The van der Waals surface area contributed by atoms with E-state index in [0.29, 0.717) is 12.5 Å². The molecular formula is C23H26N4O. The first-order chi connectivity index (χ1) is 13.6. The van der Waals surface area contributed by atoms with Gasteiger partial charge in [0.05, 0.1) is 11.3 Å². The third kappa shape index (κ3) is 3.02. The Morgan fingerprint density at radius 3 is 2.57 bits per heavy atom. The highest BCUT2D eigenvalue weighted by Crippen LogP contribution is 2.42. The van der Waals surface area contributed by atoms with Crippen molar-refractivity contribution in [3.63, 3.8) is 0 Å². The zero-order valence-corrected chi connectivity index (χ0v) is 16.4. The molecule has 0 spiro atoms. The highest BCUT2D eigenvalue weighted by atomic mass is 16.1. The maximum atomic E-state index is 13.6. The van der Waals surface area contributed by atoms with Crippen molar-refractivity contribution >= 4 is 5.95 Å². The number of nitrogens with two attached hydrogens (primary N) is 1. The van der Waals surface area contributed by atoms with E-state index in [1.807, 2.05) is 36.4 Å². The predicted octanol–water partition coefficient (Wildman–Crippen LogP) is 3.66. The second-order valence-corrected chi connectivity index (χ2v) is 7.74. The number of fused-ring (bicyclic) bond motifs is 3. The van der Waals surface area contributed by atoms with E-state index in [9.17, 15) is 4.79 Å². The minimum atomic E-state index is -0.241. The van der Waals surface area contributed by atoms with Crippen LogP contribution in [0.25, 0.3) is 11.3 Å². The van der Waals surface area contributed by atoms with Crippen molar-refractivity contribution in [1.29, 1.82) is 0 Å². The van der Waals surface area contributed by atoms with E-state index in [-0.39, 0.29) is 11.0 Å². The number of aromatic nitrogens is 2. The Kier molecular flexibility index (Phi) is 4.77. The summed E-state index contributed by atoms with van der Waals surface area (Å²) in [5, 5.41) is 0. The molecule has 28 heavy (non-hydrogen) atoms. The summed E-state index contributed by atoms with van der Waals surface area (Å²) in [5.74, 6) is 6.18. The van der Waals surface area contributed by atoms with Crippen LogP contribution in [-0.4, -0.2) is 9.55 Å². The molecule has 0 fully saturated rings. The van der Waals surface area contributed by atoms with Gasteiger partial charge in [0.2, 0.25) is 5.95 Å². The van der Waals surface area contributed by atoms with E-state index in [0.717, 1.165) is 36.1 Å². The molecular weight excluding hydrogens is 348 g/mol. The fraction of sp³-hybridized carbons (Fsp3) is 0.304. The number of hydrazine groups is 1. The Morgan fingerprint density at radius 2 is 1.86 bits per heavy atom. The van der Waals surface area contributed by atoms with Gasteiger partial charge in [-0.25, -0.2) is 10.8 Å². The van der Waals surface area contributed by atoms with Crippen LogP contribution < -0.4 is 16.8 Å². The molecule has 144 valence electrons. The van der Waals surface area contributed by atoms with Gasteiger partial charge in [-0.2, -0.15) is 0 Å². The van der Waals surface area contributed by atoms with E-state index in [2.05, 4.69) is 37.5 Å². The van der Waals surface area contributed by atoms with Crippen LogP contribution in [0.3, 0.4) is 0 Å². The van der Waals surface area contributed by atoms with Crippen LogP contribution in [0.2, 0.25) is 0 Å². The molecule has 0 aliphatic heterocycles. The van der Waals surface area contributed by atoms with E-state index in [1.54, 1.807) is 4.57 Å². The number of nitrogens with zero attached hydrogens (tertiary/aromatic N) is 2. The molecule has 1 heterocycles. The minimum absolute atomic E-state index is 0.00716. The first-order valence-corrected chi connectivity index (χ1v) is 9.81. The van der Waals surface area contributed by atoms with Gasteiger partial charge in [0.15, 0.2) is 0 Å². The summed E-state index contributed by atoms with van der Waals surface area (Å²) >= 11 is 0. The fourth-order valence-electron chi connectivity index (χ4n) is 4.21. The van der Waals surface area contributed by atoms with Gasteiger partial charge in [-0.1, -0.05) is 68.4 Å². The second kappa shape index (κ2) is 7.24. The molecule has 0 saturated carbocycles. The summed E-state index contributed by atoms with van der Waals surface area (Å²) < 4.78 is 1.69. The average Bonchev–Trinajstić information content (AvgIpc) is 2.73. The van der Waals surface area contributed by atoms with Gasteiger partial charge in [-0.3, -0.25) is 14.8 Å². The molecule has 0 bridgehead atoms. The van der Waals surface area contributed by atoms with Gasteiger partial charge in [0, 0.05) is 17.5 Å². The molecule has 1 aliphatic carbocycles. The van der Waals surface area contributed by atoms with Gasteiger partial charge < -0.3 is 0 Å². The lowest BCUT2D eigenvalue weighted by atomic mass is 9.69. The van der Waals surface area contributed by atoms with Gasteiger partial charge in [-0.05, 0) is 30.4 Å². The van der Waals surface area contributed by atoms with Crippen LogP contribution in [0.1, 0.15) is 37.0 Å². The molecule has 1 aromatic heterocycles. The van der Waals surface area contributed by atoms with E-state index in [1.165, 1.54) is 11.1 Å². The number of aryl methyl sites for hydroxylation is 1. The van der Waals surface area contributed by atoms with Gasteiger partial charge in [0.1, 0.15) is 0 Å². The van der Waals surface area contributed by atoms with E-state index >= 15 is 0 Å². The normalized spacial score (nSPS) is 17.7.